The molecule has 0 aliphatic rings. The zero-order chi connectivity index (χ0) is 8.69. The van der Waals surface area contributed by atoms with E-state index in [-0.39, 0.29) is 35.8 Å². The van der Waals surface area contributed by atoms with Crippen molar-refractivity contribution in [2.24, 2.45) is 5.73 Å². The Bertz CT molecular complexity index is 155. The molecular formula is C4H8N2O3P2. The van der Waals surface area contributed by atoms with E-state index in [2.05, 4.69) is 5.32 Å². The Hall–Kier alpha value is -0.370. The standard InChI is InChI=1S/C4H8N2O3P2/c5-2-1-3(7)6-4(10-8)11-9/h4H,1-2,5H2,(H,6,7). The van der Waals surface area contributed by atoms with Gasteiger partial charge in [0.25, 0.3) is 0 Å². The average Bonchev–Trinajstić information content (AvgIpc) is 2.01. The third-order valence-electron chi connectivity index (χ3n) is 0.861. The topological polar surface area (TPSA) is 89.3 Å². The van der Waals surface area contributed by atoms with Crippen LogP contribution < -0.4 is 11.1 Å². The molecule has 0 radical (unpaired) electrons. The van der Waals surface area contributed by atoms with Gasteiger partial charge in [0, 0.05) is 13.0 Å². The minimum atomic E-state index is -0.839. The van der Waals surface area contributed by atoms with Crippen LogP contribution in [-0.2, 0) is 13.9 Å². The van der Waals surface area contributed by atoms with Crippen LogP contribution >= 0.6 is 16.9 Å². The summed E-state index contributed by atoms with van der Waals surface area (Å²) < 4.78 is 20.2. The molecule has 0 aliphatic heterocycles. The predicted molar refractivity (Wildman–Crippen MR) is 40.8 cm³/mol. The first-order valence-corrected chi connectivity index (χ1v) is 4.65. The van der Waals surface area contributed by atoms with E-state index in [1.807, 2.05) is 0 Å². The van der Waals surface area contributed by atoms with Crippen LogP contribution in [0.15, 0.2) is 0 Å². The van der Waals surface area contributed by atoms with Gasteiger partial charge >= 0.3 is 0 Å². The van der Waals surface area contributed by atoms with Gasteiger partial charge in [-0.25, -0.2) is 0 Å². The van der Waals surface area contributed by atoms with Gasteiger partial charge in [-0.05, 0) is 0 Å². The Morgan fingerprint density at radius 2 is 2.00 bits per heavy atom. The van der Waals surface area contributed by atoms with Crippen LogP contribution in [0.5, 0.6) is 0 Å². The highest BCUT2D eigenvalue weighted by Gasteiger charge is 2.10. The third-order valence-corrected chi connectivity index (χ3v) is 2.08. The van der Waals surface area contributed by atoms with Gasteiger partial charge in [0.15, 0.2) is 22.4 Å². The Morgan fingerprint density at radius 1 is 1.45 bits per heavy atom. The van der Waals surface area contributed by atoms with Gasteiger partial charge in [0.1, 0.15) is 0 Å². The summed E-state index contributed by atoms with van der Waals surface area (Å²) in [4.78, 5) is 10.7. The van der Waals surface area contributed by atoms with Crippen LogP contribution in [0.2, 0.25) is 0 Å². The van der Waals surface area contributed by atoms with Gasteiger partial charge in [0.2, 0.25) is 5.91 Å². The largest absolute Gasteiger partial charge is 0.333 e. The Labute approximate surface area is 67.1 Å². The highest BCUT2D eigenvalue weighted by atomic mass is 31.1. The molecule has 0 saturated heterocycles. The Kier molecular flexibility index (Phi) is 6.13. The van der Waals surface area contributed by atoms with Crippen LogP contribution in [-0.4, -0.2) is 18.0 Å². The summed E-state index contributed by atoms with van der Waals surface area (Å²) in [5, 5.41) is 2.25. The van der Waals surface area contributed by atoms with Gasteiger partial charge in [0.05, 0.1) is 0 Å². The molecule has 0 saturated carbocycles. The Balaban J connectivity index is 3.71. The lowest BCUT2D eigenvalue weighted by Crippen LogP contribution is -2.28. The molecule has 0 spiro atoms. The molecule has 7 heteroatoms. The third kappa shape index (κ3) is 4.96. The van der Waals surface area contributed by atoms with Crippen LogP contribution in [0.3, 0.4) is 0 Å². The molecule has 5 nitrogen and oxygen atoms in total. The number of amides is 1. The van der Waals surface area contributed by atoms with E-state index in [0.717, 1.165) is 0 Å². The van der Waals surface area contributed by atoms with Crippen LogP contribution in [0.25, 0.3) is 0 Å². The molecule has 3 N–H and O–H groups in total. The highest BCUT2D eigenvalue weighted by Crippen LogP contribution is 2.14. The molecule has 11 heavy (non-hydrogen) atoms. The maximum absolute atomic E-state index is 10.7. The first-order valence-electron chi connectivity index (χ1n) is 2.89. The highest BCUT2D eigenvalue weighted by molar-refractivity contribution is 7.44. The molecule has 0 bridgehead atoms. The van der Waals surface area contributed by atoms with Crippen LogP contribution in [0.1, 0.15) is 6.42 Å². The van der Waals surface area contributed by atoms with Gasteiger partial charge < -0.3 is 11.1 Å². The molecule has 0 rings (SSSR count). The first kappa shape index (κ1) is 10.6. The molecule has 0 aromatic rings. The molecule has 0 aromatic heterocycles. The zero-order valence-electron chi connectivity index (χ0n) is 5.69. The number of nitrogens with one attached hydrogen (secondary N) is 1. The number of nitrogens with two attached hydrogens (primary N) is 1. The van der Waals surface area contributed by atoms with Crippen molar-refractivity contribution < 1.29 is 13.9 Å². The number of carbonyl (C=O) groups excluding carboxylic acids is 1. The lowest BCUT2D eigenvalue weighted by molar-refractivity contribution is -0.120. The summed E-state index contributed by atoms with van der Waals surface area (Å²) in [6.07, 6.45) is 0.154. The number of hydrogen-bond acceptors (Lipinski definition) is 4. The lowest BCUT2D eigenvalue weighted by atomic mass is 10.4. The molecule has 0 aliphatic carbocycles. The normalized spacial score (nSPS) is 13.2. The molecule has 0 atom stereocenters. The van der Waals surface area contributed by atoms with Crippen molar-refractivity contribution in [1.82, 2.24) is 5.32 Å². The van der Waals surface area contributed by atoms with E-state index in [0.29, 0.717) is 0 Å². The molecule has 0 fully saturated rings. The lowest BCUT2D eigenvalue weighted by Gasteiger charge is -2.01. The summed E-state index contributed by atoms with van der Waals surface area (Å²) >= 11 is 0. The van der Waals surface area contributed by atoms with Crippen molar-refractivity contribution in [3.05, 3.63) is 0 Å². The Morgan fingerprint density at radius 3 is 2.36 bits per heavy atom. The molecule has 62 valence electrons. The minimum absolute atomic E-state index is 0.154. The van der Waals surface area contributed by atoms with Crippen LogP contribution in [0.4, 0.5) is 0 Å². The van der Waals surface area contributed by atoms with Crippen molar-refractivity contribution in [1.29, 1.82) is 0 Å². The second-order valence-corrected chi connectivity index (χ2v) is 3.55. The summed E-state index contributed by atoms with van der Waals surface area (Å²) in [6, 6.07) is 0. The van der Waals surface area contributed by atoms with Gasteiger partial charge in [-0.15, -0.1) is 0 Å². The SMILES string of the molecule is NCCC(=O)NC(P=O)P=O. The summed E-state index contributed by atoms with van der Waals surface area (Å²) in [5.41, 5.74) is 4.23. The summed E-state index contributed by atoms with van der Waals surface area (Å²) in [6.45, 7) is 0.226. The first-order chi connectivity index (χ1) is 5.24. The number of hydrogen-bond donors (Lipinski definition) is 2. The minimum Gasteiger partial charge on any atom is -0.333 e. The van der Waals surface area contributed by atoms with E-state index < -0.39 is 5.52 Å². The number of rotatable bonds is 5. The fraction of sp³-hybridized carbons (Fsp3) is 0.750. The maximum atomic E-state index is 10.7. The van der Waals surface area contributed by atoms with E-state index in [1.165, 1.54) is 0 Å². The quantitative estimate of drug-likeness (QED) is 0.616. The summed E-state index contributed by atoms with van der Waals surface area (Å²) in [7, 11) is -0.725. The fourth-order valence-corrected chi connectivity index (χ4v) is 0.967. The van der Waals surface area contributed by atoms with Crippen molar-refractivity contribution in [2.45, 2.75) is 11.9 Å². The van der Waals surface area contributed by atoms with Gasteiger partial charge in [-0.1, -0.05) is 0 Å². The predicted octanol–water partition coefficient (Wildman–Crippen LogP) is 0.318. The van der Waals surface area contributed by atoms with Crippen molar-refractivity contribution >= 4 is 22.8 Å². The van der Waals surface area contributed by atoms with Crippen molar-refractivity contribution in [3.8, 4) is 0 Å². The molecule has 0 unspecified atom stereocenters. The van der Waals surface area contributed by atoms with Gasteiger partial charge in [-0.2, -0.15) is 0 Å². The van der Waals surface area contributed by atoms with E-state index in [9.17, 15) is 13.9 Å². The molecule has 0 heterocycles. The van der Waals surface area contributed by atoms with E-state index >= 15 is 0 Å². The maximum Gasteiger partial charge on any atom is 0.222 e. The van der Waals surface area contributed by atoms with Crippen LogP contribution in [0, 0.1) is 0 Å². The smallest absolute Gasteiger partial charge is 0.222 e. The zero-order valence-corrected chi connectivity index (χ0v) is 7.48. The molecule has 1 amide bonds. The number of carbonyl (C=O) groups is 1. The van der Waals surface area contributed by atoms with E-state index in [1.54, 1.807) is 0 Å². The second kappa shape index (κ2) is 6.35. The molecular weight excluding hydrogens is 186 g/mol. The average molecular weight is 194 g/mol. The molecule has 0 aromatic carbocycles. The summed E-state index contributed by atoms with van der Waals surface area (Å²) in [5.74, 6) is -0.343. The second-order valence-electron chi connectivity index (χ2n) is 1.69. The van der Waals surface area contributed by atoms with E-state index in [4.69, 9.17) is 5.73 Å². The van der Waals surface area contributed by atoms with Crippen molar-refractivity contribution in [2.75, 3.05) is 6.54 Å². The van der Waals surface area contributed by atoms with Gasteiger partial charge in [-0.3, -0.25) is 13.9 Å². The fourth-order valence-electron chi connectivity index (χ4n) is 0.419. The van der Waals surface area contributed by atoms with Crippen molar-refractivity contribution in [3.63, 3.8) is 0 Å². The monoisotopic (exact) mass is 194 g/mol.